The molecule has 1 amide bonds. The summed E-state index contributed by atoms with van der Waals surface area (Å²) in [4.78, 5) is 12.6. The van der Waals surface area contributed by atoms with Crippen LogP contribution < -0.4 is 10.1 Å². The van der Waals surface area contributed by atoms with Crippen molar-refractivity contribution in [3.63, 3.8) is 0 Å². The van der Waals surface area contributed by atoms with Crippen LogP contribution in [0.25, 0.3) is 0 Å². The Morgan fingerprint density at radius 3 is 2.30 bits per heavy atom. The summed E-state index contributed by atoms with van der Waals surface area (Å²) in [7, 11) is -5.10. The standard InChI is InChI=1S/C20H24ClN3O7S2/c1-23(32(26,27)16-5-3-15(21)4-6-16)14-20(25)22-18-13-17(7-8-19(18)30-2)33(28,29)24-9-11-31-12-10-24/h3-8,13H,9-12,14H2,1-2H3,(H,22,25). The minimum absolute atomic E-state index is 0.0154. The van der Waals surface area contributed by atoms with E-state index in [-0.39, 0.29) is 34.3 Å². The van der Waals surface area contributed by atoms with Crippen LogP contribution in [-0.2, 0) is 29.6 Å². The van der Waals surface area contributed by atoms with Gasteiger partial charge in [0, 0.05) is 25.2 Å². The van der Waals surface area contributed by atoms with E-state index in [0.29, 0.717) is 18.2 Å². The van der Waals surface area contributed by atoms with Crippen LogP contribution in [0.2, 0.25) is 5.02 Å². The molecule has 1 fully saturated rings. The number of carbonyl (C=O) groups is 1. The first-order valence-corrected chi connectivity index (χ1v) is 13.1. The number of halogens is 1. The smallest absolute Gasteiger partial charge is 0.243 e. The molecule has 2 aromatic carbocycles. The van der Waals surface area contributed by atoms with Gasteiger partial charge < -0.3 is 14.8 Å². The predicted octanol–water partition coefficient (Wildman–Crippen LogP) is 1.63. The van der Waals surface area contributed by atoms with Crippen molar-refractivity contribution in [1.82, 2.24) is 8.61 Å². The number of ether oxygens (including phenoxy) is 2. The fourth-order valence-corrected chi connectivity index (χ4v) is 5.83. The Labute approximate surface area is 198 Å². The van der Waals surface area contributed by atoms with E-state index in [4.69, 9.17) is 21.1 Å². The van der Waals surface area contributed by atoms with Gasteiger partial charge in [-0.1, -0.05) is 11.6 Å². The van der Waals surface area contributed by atoms with Crippen molar-refractivity contribution in [2.75, 3.05) is 52.3 Å². The van der Waals surface area contributed by atoms with E-state index in [1.54, 1.807) is 0 Å². The molecule has 3 rings (SSSR count). The highest BCUT2D eigenvalue weighted by Crippen LogP contribution is 2.29. The summed E-state index contributed by atoms with van der Waals surface area (Å²) in [6.07, 6.45) is 0. The molecule has 10 nitrogen and oxygen atoms in total. The van der Waals surface area contributed by atoms with E-state index >= 15 is 0 Å². The molecule has 1 N–H and O–H groups in total. The highest BCUT2D eigenvalue weighted by Gasteiger charge is 2.28. The number of morpholine rings is 1. The Balaban J connectivity index is 1.78. The summed E-state index contributed by atoms with van der Waals surface area (Å²) in [6, 6.07) is 9.66. The van der Waals surface area contributed by atoms with Crippen molar-refractivity contribution in [2.24, 2.45) is 0 Å². The van der Waals surface area contributed by atoms with E-state index in [2.05, 4.69) is 5.32 Å². The van der Waals surface area contributed by atoms with Gasteiger partial charge in [0.1, 0.15) is 5.75 Å². The van der Waals surface area contributed by atoms with Gasteiger partial charge in [-0.05, 0) is 42.5 Å². The molecule has 0 aromatic heterocycles. The highest BCUT2D eigenvalue weighted by atomic mass is 35.5. The zero-order valence-corrected chi connectivity index (χ0v) is 20.4. The lowest BCUT2D eigenvalue weighted by Crippen LogP contribution is -2.40. The second kappa shape index (κ2) is 10.4. The molecule has 0 aliphatic carbocycles. The molecule has 1 aliphatic heterocycles. The Hall–Kier alpha value is -2.22. The highest BCUT2D eigenvalue weighted by molar-refractivity contribution is 7.89. The van der Waals surface area contributed by atoms with Crippen LogP contribution in [0.3, 0.4) is 0 Å². The maximum absolute atomic E-state index is 12.9. The number of likely N-dealkylation sites (N-methyl/N-ethyl adjacent to an activating group) is 1. The molecule has 1 saturated heterocycles. The van der Waals surface area contributed by atoms with Crippen molar-refractivity contribution in [1.29, 1.82) is 0 Å². The third kappa shape index (κ3) is 5.83. The van der Waals surface area contributed by atoms with Crippen LogP contribution in [0.15, 0.2) is 52.3 Å². The molecule has 13 heteroatoms. The summed E-state index contributed by atoms with van der Waals surface area (Å²) >= 11 is 5.80. The number of hydrogen-bond acceptors (Lipinski definition) is 7. The maximum Gasteiger partial charge on any atom is 0.243 e. The molecule has 0 unspecified atom stereocenters. The second-order valence-corrected chi connectivity index (χ2v) is 11.6. The summed E-state index contributed by atoms with van der Waals surface area (Å²) in [5.74, 6) is -0.443. The zero-order valence-electron chi connectivity index (χ0n) is 18.0. The number of rotatable bonds is 8. The van der Waals surface area contributed by atoms with Gasteiger partial charge in [0.15, 0.2) is 0 Å². The van der Waals surface area contributed by atoms with Crippen molar-refractivity contribution in [3.05, 3.63) is 47.5 Å². The van der Waals surface area contributed by atoms with Crippen LogP contribution in [0.4, 0.5) is 5.69 Å². The molecular formula is C20H24ClN3O7S2. The minimum Gasteiger partial charge on any atom is -0.495 e. The minimum atomic E-state index is -3.94. The molecule has 180 valence electrons. The van der Waals surface area contributed by atoms with Gasteiger partial charge in [0.2, 0.25) is 26.0 Å². The first-order valence-electron chi connectivity index (χ1n) is 9.83. The van der Waals surface area contributed by atoms with Gasteiger partial charge in [0.25, 0.3) is 0 Å². The molecule has 2 aromatic rings. The average molecular weight is 518 g/mol. The topological polar surface area (TPSA) is 122 Å². The molecular weight excluding hydrogens is 494 g/mol. The average Bonchev–Trinajstić information content (AvgIpc) is 2.79. The number of anilines is 1. The van der Waals surface area contributed by atoms with Crippen LogP contribution in [0.5, 0.6) is 5.75 Å². The van der Waals surface area contributed by atoms with Crippen molar-refractivity contribution in [3.8, 4) is 5.75 Å². The van der Waals surface area contributed by atoms with Crippen LogP contribution in [0.1, 0.15) is 0 Å². The lowest BCUT2D eigenvalue weighted by molar-refractivity contribution is -0.116. The maximum atomic E-state index is 12.9. The number of methoxy groups -OCH3 is 1. The van der Waals surface area contributed by atoms with E-state index in [9.17, 15) is 21.6 Å². The lowest BCUT2D eigenvalue weighted by Gasteiger charge is -2.26. The molecule has 33 heavy (non-hydrogen) atoms. The molecule has 0 saturated carbocycles. The monoisotopic (exact) mass is 517 g/mol. The molecule has 0 atom stereocenters. The molecule has 0 radical (unpaired) electrons. The third-order valence-electron chi connectivity index (χ3n) is 4.94. The van der Waals surface area contributed by atoms with E-state index < -0.39 is 32.5 Å². The summed E-state index contributed by atoms with van der Waals surface area (Å²) in [6.45, 7) is 0.544. The predicted molar refractivity (Wildman–Crippen MR) is 122 cm³/mol. The number of nitrogens with zero attached hydrogens (tertiary/aromatic N) is 2. The summed E-state index contributed by atoms with van der Waals surface area (Å²) < 4.78 is 63.9. The fourth-order valence-electron chi connectivity index (χ4n) is 3.14. The number of sulfonamides is 2. The molecule has 1 aliphatic rings. The molecule has 1 heterocycles. The van der Waals surface area contributed by atoms with Crippen molar-refractivity contribution >= 4 is 43.2 Å². The largest absolute Gasteiger partial charge is 0.495 e. The Kier molecular flexibility index (Phi) is 7.98. The van der Waals surface area contributed by atoms with Crippen LogP contribution in [-0.4, -0.2) is 78.4 Å². The van der Waals surface area contributed by atoms with Crippen LogP contribution >= 0.6 is 11.6 Å². The molecule has 0 bridgehead atoms. The summed E-state index contributed by atoms with van der Waals surface area (Å²) in [5, 5.41) is 2.92. The Morgan fingerprint density at radius 2 is 1.70 bits per heavy atom. The first-order chi connectivity index (χ1) is 15.6. The van der Waals surface area contributed by atoms with Crippen LogP contribution in [0, 0.1) is 0 Å². The number of benzene rings is 2. The van der Waals surface area contributed by atoms with Gasteiger partial charge in [-0.2, -0.15) is 8.61 Å². The SMILES string of the molecule is COc1ccc(S(=O)(=O)N2CCOCC2)cc1NC(=O)CN(C)S(=O)(=O)c1ccc(Cl)cc1. The number of nitrogens with one attached hydrogen (secondary N) is 1. The van der Waals surface area contributed by atoms with Gasteiger partial charge in [-0.3, -0.25) is 4.79 Å². The summed E-state index contributed by atoms with van der Waals surface area (Å²) in [5.41, 5.74) is 0.106. The van der Waals surface area contributed by atoms with E-state index in [1.165, 1.54) is 60.9 Å². The number of carbonyl (C=O) groups excluding carboxylic acids is 1. The number of amides is 1. The molecule has 0 spiro atoms. The fraction of sp³-hybridized carbons (Fsp3) is 0.350. The first kappa shape index (κ1) is 25.4. The van der Waals surface area contributed by atoms with E-state index in [0.717, 1.165) is 4.31 Å². The second-order valence-electron chi connectivity index (χ2n) is 7.14. The van der Waals surface area contributed by atoms with Gasteiger partial charge >= 0.3 is 0 Å². The normalized spacial score (nSPS) is 15.4. The van der Waals surface area contributed by atoms with Gasteiger partial charge in [-0.15, -0.1) is 0 Å². The van der Waals surface area contributed by atoms with Crippen molar-refractivity contribution in [2.45, 2.75) is 9.79 Å². The lowest BCUT2D eigenvalue weighted by atomic mass is 10.3. The Morgan fingerprint density at radius 1 is 1.09 bits per heavy atom. The quantitative estimate of drug-likeness (QED) is 0.564. The van der Waals surface area contributed by atoms with E-state index in [1.807, 2.05) is 0 Å². The van der Waals surface area contributed by atoms with Gasteiger partial charge in [0.05, 0.1) is 42.3 Å². The third-order valence-corrected chi connectivity index (χ3v) is 8.91. The van der Waals surface area contributed by atoms with Gasteiger partial charge in [-0.25, -0.2) is 16.8 Å². The zero-order chi connectivity index (χ0) is 24.2. The number of hydrogen-bond donors (Lipinski definition) is 1. The Bertz CT molecular complexity index is 1210. The van der Waals surface area contributed by atoms with Crippen molar-refractivity contribution < 1.29 is 31.1 Å².